The van der Waals surface area contributed by atoms with E-state index >= 15 is 0 Å². The Hall–Kier alpha value is -2.83. The molecule has 3 aromatic rings. The van der Waals surface area contributed by atoms with E-state index in [-0.39, 0.29) is 6.54 Å². The van der Waals surface area contributed by atoms with Gasteiger partial charge in [-0.25, -0.2) is 13.1 Å². The zero-order valence-corrected chi connectivity index (χ0v) is 15.1. The summed E-state index contributed by atoms with van der Waals surface area (Å²) in [5, 5.41) is 1.18. The summed E-state index contributed by atoms with van der Waals surface area (Å²) in [4.78, 5) is 8.30. The van der Waals surface area contributed by atoms with Crippen LogP contribution in [0.2, 0.25) is 0 Å². The summed E-state index contributed by atoms with van der Waals surface area (Å²) in [6, 6.07) is 15.0. The van der Waals surface area contributed by atoms with Crippen LogP contribution in [-0.4, -0.2) is 18.4 Å². The average molecular weight is 365 g/mol. The van der Waals surface area contributed by atoms with Gasteiger partial charge in [0.1, 0.15) is 0 Å². The molecule has 2 heterocycles. The van der Waals surface area contributed by atoms with Gasteiger partial charge in [-0.05, 0) is 48.4 Å². The minimum atomic E-state index is -3.53. The molecule has 0 amide bonds. The second-order valence-corrected chi connectivity index (χ2v) is 7.52. The molecule has 0 spiro atoms. The first kappa shape index (κ1) is 18.0. The average Bonchev–Trinajstić information content (AvgIpc) is 2.67. The third-order valence-electron chi connectivity index (χ3n) is 3.79. The summed E-state index contributed by atoms with van der Waals surface area (Å²) in [7, 11) is -3.53. The molecule has 1 aromatic carbocycles. The van der Waals surface area contributed by atoms with Gasteiger partial charge in [-0.1, -0.05) is 29.8 Å². The topological polar surface area (TPSA) is 72.0 Å². The molecule has 0 radical (unpaired) electrons. The van der Waals surface area contributed by atoms with Crippen LogP contribution in [0.5, 0.6) is 0 Å². The van der Waals surface area contributed by atoms with Crippen LogP contribution in [-0.2, 0) is 16.6 Å². The highest BCUT2D eigenvalue weighted by atomic mass is 32.2. The summed E-state index contributed by atoms with van der Waals surface area (Å²) < 4.78 is 26.9. The zero-order valence-electron chi connectivity index (χ0n) is 14.3. The number of hydrogen-bond donors (Lipinski definition) is 1. The van der Waals surface area contributed by atoms with Crippen molar-refractivity contribution in [3.63, 3.8) is 0 Å². The van der Waals surface area contributed by atoms with Crippen LogP contribution in [0.4, 0.5) is 0 Å². The molecule has 1 N–H and O–H groups in total. The highest BCUT2D eigenvalue weighted by Gasteiger charge is 2.06. The van der Waals surface area contributed by atoms with E-state index in [9.17, 15) is 8.42 Å². The summed E-state index contributed by atoms with van der Waals surface area (Å²) in [6.45, 7) is 2.18. The quantitative estimate of drug-likeness (QED) is 0.725. The van der Waals surface area contributed by atoms with E-state index in [1.54, 1.807) is 30.7 Å². The lowest BCUT2D eigenvalue weighted by Crippen LogP contribution is -2.20. The second kappa shape index (κ2) is 8.03. The van der Waals surface area contributed by atoms with Crippen molar-refractivity contribution in [2.45, 2.75) is 13.5 Å². The number of rotatable bonds is 6. The van der Waals surface area contributed by atoms with Crippen molar-refractivity contribution in [2.24, 2.45) is 0 Å². The lowest BCUT2D eigenvalue weighted by Gasteiger charge is -2.06. The Kier molecular flexibility index (Phi) is 5.55. The van der Waals surface area contributed by atoms with E-state index in [2.05, 4.69) is 14.7 Å². The molecule has 0 atom stereocenters. The summed E-state index contributed by atoms with van der Waals surface area (Å²) in [6.07, 6.45) is 6.64. The number of nitrogens with one attached hydrogen (secondary N) is 1. The number of hydrogen-bond acceptors (Lipinski definition) is 4. The van der Waals surface area contributed by atoms with Gasteiger partial charge in [0.15, 0.2) is 0 Å². The molecule has 0 aliphatic carbocycles. The smallest absolute Gasteiger partial charge is 0.234 e. The highest BCUT2D eigenvalue weighted by molar-refractivity contribution is 7.92. The van der Waals surface area contributed by atoms with Gasteiger partial charge in [-0.2, -0.15) is 0 Å². The first-order chi connectivity index (χ1) is 12.5. The van der Waals surface area contributed by atoms with E-state index in [1.165, 1.54) is 5.41 Å². The summed E-state index contributed by atoms with van der Waals surface area (Å²) >= 11 is 0. The number of nitrogens with zero attached hydrogens (tertiary/aromatic N) is 2. The first-order valence-corrected chi connectivity index (χ1v) is 9.66. The van der Waals surface area contributed by atoms with Crippen molar-refractivity contribution in [2.75, 3.05) is 0 Å². The van der Waals surface area contributed by atoms with Gasteiger partial charge in [0.25, 0.3) is 0 Å². The van der Waals surface area contributed by atoms with E-state index in [4.69, 9.17) is 0 Å². The fraction of sp³-hybridized carbons (Fsp3) is 0.100. The zero-order chi connectivity index (χ0) is 18.4. The third kappa shape index (κ3) is 5.08. The number of aromatic nitrogens is 2. The number of benzene rings is 1. The molecule has 26 heavy (non-hydrogen) atoms. The van der Waals surface area contributed by atoms with Crippen LogP contribution in [0.1, 0.15) is 16.7 Å². The van der Waals surface area contributed by atoms with Crippen LogP contribution in [0.15, 0.2) is 72.5 Å². The predicted octanol–water partition coefficient (Wildman–Crippen LogP) is 3.54. The number of pyridine rings is 2. The molecular weight excluding hydrogens is 346 g/mol. The summed E-state index contributed by atoms with van der Waals surface area (Å²) in [5.74, 6) is 0. The predicted molar refractivity (Wildman–Crippen MR) is 103 cm³/mol. The maximum atomic E-state index is 12.2. The lowest BCUT2D eigenvalue weighted by molar-refractivity contribution is 0.591. The number of sulfonamides is 1. The van der Waals surface area contributed by atoms with Crippen LogP contribution < -0.4 is 4.72 Å². The van der Waals surface area contributed by atoms with Gasteiger partial charge in [0, 0.05) is 36.1 Å². The fourth-order valence-corrected chi connectivity index (χ4v) is 3.14. The Morgan fingerprint density at radius 1 is 1.00 bits per heavy atom. The van der Waals surface area contributed by atoms with Gasteiger partial charge in [-0.3, -0.25) is 9.97 Å². The largest absolute Gasteiger partial charge is 0.265 e. The van der Waals surface area contributed by atoms with Gasteiger partial charge in [0.2, 0.25) is 10.0 Å². The second-order valence-electron chi connectivity index (χ2n) is 5.86. The molecule has 0 aliphatic heterocycles. The molecule has 6 heteroatoms. The van der Waals surface area contributed by atoms with Crippen LogP contribution in [0.25, 0.3) is 17.3 Å². The molecule has 2 aromatic heterocycles. The Balaban J connectivity index is 1.67. The Bertz CT molecular complexity index is 999. The van der Waals surface area contributed by atoms with Crippen molar-refractivity contribution in [1.29, 1.82) is 0 Å². The molecule has 0 saturated heterocycles. The van der Waals surface area contributed by atoms with Gasteiger partial charge in [-0.15, -0.1) is 0 Å². The van der Waals surface area contributed by atoms with E-state index < -0.39 is 10.0 Å². The molecule has 5 nitrogen and oxygen atoms in total. The van der Waals surface area contributed by atoms with Crippen molar-refractivity contribution >= 4 is 16.1 Å². The lowest BCUT2D eigenvalue weighted by atomic mass is 10.1. The van der Waals surface area contributed by atoms with Crippen LogP contribution in [0, 0.1) is 6.92 Å². The SMILES string of the molecule is Cc1ccc(/C=C/S(=O)(=O)NCc2ccnc(-c3ccncc3)c2)cc1. The van der Waals surface area contributed by atoms with Crippen molar-refractivity contribution < 1.29 is 8.42 Å². The normalized spacial score (nSPS) is 11.7. The molecule has 0 aliphatic rings. The van der Waals surface area contributed by atoms with E-state index in [0.717, 1.165) is 27.9 Å². The maximum Gasteiger partial charge on any atom is 0.234 e. The Morgan fingerprint density at radius 2 is 1.73 bits per heavy atom. The summed E-state index contributed by atoms with van der Waals surface area (Å²) in [5.41, 5.74) is 4.51. The monoisotopic (exact) mass is 365 g/mol. The van der Waals surface area contributed by atoms with Gasteiger partial charge in [0.05, 0.1) is 5.69 Å². The van der Waals surface area contributed by atoms with Crippen molar-refractivity contribution in [3.05, 3.63) is 89.2 Å². The first-order valence-electron chi connectivity index (χ1n) is 8.12. The number of aryl methyl sites for hydroxylation is 1. The highest BCUT2D eigenvalue weighted by Crippen LogP contribution is 2.16. The molecule has 132 valence electrons. The minimum absolute atomic E-state index is 0.196. The minimum Gasteiger partial charge on any atom is -0.265 e. The molecule has 3 rings (SSSR count). The third-order valence-corrected chi connectivity index (χ3v) is 4.84. The van der Waals surface area contributed by atoms with E-state index in [0.29, 0.717) is 0 Å². The molecule has 0 bridgehead atoms. The maximum absolute atomic E-state index is 12.2. The molecule has 0 saturated carbocycles. The van der Waals surface area contributed by atoms with E-state index in [1.807, 2.05) is 49.4 Å². The standard InChI is InChI=1S/C20H19N3O2S/c1-16-2-4-17(5-3-16)9-13-26(24,25)23-15-18-6-12-22-20(14-18)19-7-10-21-11-8-19/h2-14,23H,15H2,1H3/b13-9+. The van der Waals surface area contributed by atoms with Crippen molar-refractivity contribution in [1.82, 2.24) is 14.7 Å². The van der Waals surface area contributed by atoms with Gasteiger partial charge < -0.3 is 0 Å². The Labute approximate surface area is 153 Å². The van der Waals surface area contributed by atoms with Crippen LogP contribution >= 0.6 is 0 Å². The Morgan fingerprint density at radius 3 is 2.46 bits per heavy atom. The molecule has 0 unspecified atom stereocenters. The molecular formula is C20H19N3O2S. The fourth-order valence-electron chi connectivity index (χ4n) is 2.34. The van der Waals surface area contributed by atoms with Crippen LogP contribution in [0.3, 0.4) is 0 Å². The molecule has 0 fully saturated rings. The van der Waals surface area contributed by atoms with Crippen molar-refractivity contribution in [3.8, 4) is 11.3 Å². The van der Waals surface area contributed by atoms with Gasteiger partial charge >= 0.3 is 0 Å².